The maximum absolute atomic E-state index is 16.1. The number of benzene rings is 2. The molecule has 45 heavy (non-hydrogen) atoms. The molecule has 6 rings (SSSR count). The molecule has 1 saturated heterocycles. The van der Waals surface area contributed by atoms with Crippen molar-refractivity contribution in [2.24, 2.45) is 0 Å². The van der Waals surface area contributed by atoms with Gasteiger partial charge in [0.15, 0.2) is 5.82 Å². The molecule has 1 aliphatic carbocycles. The number of anilines is 2. The van der Waals surface area contributed by atoms with Gasteiger partial charge in [-0.15, -0.1) is 0 Å². The first kappa shape index (κ1) is 31.1. The lowest BCUT2D eigenvalue weighted by molar-refractivity contribution is 0.0987. The molecular weight excluding hydrogens is 602 g/mol. The van der Waals surface area contributed by atoms with E-state index in [1.54, 1.807) is 30.5 Å². The van der Waals surface area contributed by atoms with Crippen molar-refractivity contribution in [1.82, 2.24) is 19.7 Å². The van der Waals surface area contributed by atoms with Gasteiger partial charge >= 0.3 is 0 Å². The van der Waals surface area contributed by atoms with Crippen LogP contribution in [0.5, 0.6) is 5.75 Å². The molecule has 2 atom stereocenters. The molecule has 0 amide bonds. The molecule has 238 valence electrons. The van der Waals surface area contributed by atoms with Crippen molar-refractivity contribution >= 4 is 33.4 Å². The summed E-state index contributed by atoms with van der Waals surface area (Å²) in [6.07, 6.45) is 3.62. The Morgan fingerprint density at radius 1 is 1.16 bits per heavy atom. The highest BCUT2D eigenvalue weighted by Crippen LogP contribution is 2.41. The van der Waals surface area contributed by atoms with Crippen LogP contribution in [-0.2, 0) is 15.6 Å². The quantitative estimate of drug-likeness (QED) is 0.202. The third kappa shape index (κ3) is 6.85. The van der Waals surface area contributed by atoms with Gasteiger partial charge in [-0.05, 0) is 68.9 Å². The molecule has 2 fully saturated rings. The van der Waals surface area contributed by atoms with Gasteiger partial charge in [0, 0.05) is 41.4 Å². The molecule has 3 heterocycles. The van der Waals surface area contributed by atoms with Gasteiger partial charge in [-0.1, -0.05) is 18.2 Å². The highest BCUT2D eigenvalue weighted by Gasteiger charge is 2.27. The zero-order chi connectivity index (χ0) is 31.5. The van der Waals surface area contributed by atoms with Crippen LogP contribution in [0.4, 0.5) is 20.4 Å². The van der Waals surface area contributed by atoms with Crippen LogP contribution in [0.3, 0.4) is 0 Å². The largest absolute Gasteiger partial charge is 0.488 e. The van der Waals surface area contributed by atoms with Crippen LogP contribution in [0.15, 0.2) is 48.7 Å². The van der Waals surface area contributed by atoms with Crippen molar-refractivity contribution in [2.75, 3.05) is 36.9 Å². The highest BCUT2D eigenvalue weighted by atomic mass is 32.2. The van der Waals surface area contributed by atoms with E-state index in [-0.39, 0.29) is 36.2 Å². The van der Waals surface area contributed by atoms with Crippen molar-refractivity contribution in [3.05, 3.63) is 60.0 Å². The zero-order valence-corrected chi connectivity index (χ0v) is 25.8. The molecular formula is C32H36F2N6O4S. The van der Waals surface area contributed by atoms with Gasteiger partial charge in [-0.2, -0.15) is 0 Å². The van der Waals surface area contributed by atoms with Crippen LogP contribution < -0.4 is 20.1 Å². The summed E-state index contributed by atoms with van der Waals surface area (Å²) in [7, 11) is -2.87. The van der Waals surface area contributed by atoms with Gasteiger partial charge in [0.25, 0.3) is 0 Å². The number of nitrogens with one attached hydrogen (secondary N) is 1. The average molecular weight is 639 g/mol. The Morgan fingerprint density at radius 3 is 2.71 bits per heavy atom. The standard InChI is InChI=1S/C32H36F2N6O4S/c1-19-18-43-14-13-40(19)32-25-15-21(23-7-4-8-24(29(23)34)26(33)11-12-37-45(41)42)16-27(44-22-5-2-3-6-22)30(25)38-31(39-32)20-9-10-28(35)36-17-20/h4,7-10,15-17,19,22,26,45H,2-3,5-6,11-14,18H2,1H3,(H2,35,36)(H,37,41,42). The summed E-state index contributed by atoms with van der Waals surface area (Å²) in [4.78, 5) is 16.4. The molecule has 4 aromatic rings. The van der Waals surface area contributed by atoms with E-state index in [2.05, 4.69) is 21.5 Å². The van der Waals surface area contributed by atoms with E-state index in [9.17, 15) is 8.42 Å². The summed E-state index contributed by atoms with van der Waals surface area (Å²) < 4.78 is 67.4. The first-order valence-corrected chi connectivity index (χ1v) is 16.4. The number of morpholine rings is 1. The fraction of sp³-hybridized carbons (Fsp3) is 0.406. The maximum Gasteiger partial charge on any atom is 0.201 e. The Kier molecular flexibility index (Phi) is 9.38. The molecule has 10 nitrogen and oxygen atoms in total. The normalized spacial score (nSPS) is 18.1. The summed E-state index contributed by atoms with van der Waals surface area (Å²) in [5.41, 5.74) is 7.67. The second-order valence-corrected chi connectivity index (χ2v) is 12.3. The Bertz CT molecular complexity index is 1740. The van der Waals surface area contributed by atoms with Gasteiger partial charge in [0.05, 0.1) is 25.4 Å². The minimum absolute atomic E-state index is 0.00216. The van der Waals surface area contributed by atoms with E-state index in [1.165, 1.54) is 6.07 Å². The number of aromatic nitrogens is 3. The number of hydrogen-bond acceptors (Lipinski definition) is 9. The van der Waals surface area contributed by atoms with E-state index in [0.29, 0.717) is 65.0 Å². The van der Waals surface area contributed by atoms with Crippen LogP contribution >= 0.6 is 0 Å². The van der Waals surface area contributed by atoms with Crippen LogP contribution in [0, 0.1) is 5.82 Å². The summed E-state index contributed by atoms with van der Waals surface area (Å²) in [6.45, 7) is 3.54. The van der Waals surface area contributed by atoms with Gasteiger partial charge in [-0.3, -0.25) is 0 Å². The number of nitrogens with zero attached hydrogens (tertiary/aromatic N) is 4. The number of fused-ring (bicyclic) bond motifs is 1. The number of halogens is 2. The average Bonchev–Trinajstić information content (AvgIpc) is 3.54. The van der Waals surface area contributed by atoms with E-state index in [4.69, 9.17) is 25.2 Å². The Hall–Kier alpha value is -3.94. The molecule has 0 radical (unpaired) electrons. The molecule has 2 aromatic heterocycles. The predicted molar refractivity (Wildman–Crippen MR) is 170 cm³/mol. The fourth-order valence-corrected chi connectivity index (χ4v) is 6.31. The summed E-state index contributed by atoms with van der Waals surface area (Å²) in [5, 5.41) is 0.673. The van der Waals surface area contributed by atoms with Gasteiger partial charge in [0.2, 0.25) is 10.9 Å². The van der Waals surface area contributed by atoms with Crippen LogP contribution in [0.2, 0.25) is 0 Å². The Labute approximate surface area is 262 Å². The monoisotopic (exact) mass is 638 g/mol. The van der Waals surface area contributed by atoms with Crippen molar-refractivity contribution in [3.63, 3.8) is 0 Å². The number of thiol groups is 1. The van der Waals surface area contributed by atoms with E-state index < -0.39 is 22.9 Å². The summed E-state index contributed by atoms with van der Waals surface area (Å²) >= 11 is 0. The van der Waals surface area contributed by atoms with E-state index in [0.717, 1.165) is 25.7 Å². The second-order valence-electron chi connectivity index (χ2n) is 11.5. The Balaban J connectivity index is 1.53. The molecule has 3 N–H and O–H groups in total. The SMILES string of the molecule is CC1COCCN1c1nc(-c2ccc(N)nc2)nc2c(OC3CCCC3)cc(-c3cccc(C(F)CCN[SH](=O)=O)c3F)cc12. The van der Waals surface area contributed by atoms with E-state index in [1.807, 2.05) is 12.1 Å². The van der Waals surface area contributed by atoms with Crippen molar-refractivity contribution in [1.29, 1.82) is 0 Å². The lowest BCUT2D eigenvalue weighted by Crippen LogP contribution is -2.44. The molecule has 0 spiro atoms. The molecule has 2 aromatic carbocycles. The number of nitrogens with two attached hydrogens (primary N) is 1. The predicted octanol–water partition coefficient (Wildman–Crippen LogP) is 5.14. The number of ether oxygens (including phenoxy) is 2. The van der Waals surface area contributed by atoms with Crippen LogP contribution in [0.1, 0.15) is 50.8 Å². The first-order chi connectivity index (χ1) is 21.8. The van der Waals surface area contributed by atoms with Crippen molar-refractivity contribution in [2.45, 2.75) is 57.3 Å². The lowest BCUT2D eigenvalue weighted by atomic mass is 9.97. The number of hydrogen-bond donors (Lipinski definition) is 3. The van der Waals surface area contributed by atoms with Gasteiger partial charge < -0.3 is 20.1 Å². The lowest BCUT2D eigenvalue weighted by Gasteiger charge is -2.35. The highest BCUT2D eigenvalue weighted by molar-refractivity contribution is 7.70. The molecule has 1 saturated carbocycles. The molecule has 2 aliphatic rings. The maximum atomic E-state index is 16.1. The first-order valence-electron chi connectivity index (χ1n) is 15.2. The summed E-state index contributed by atoms with van der Waals surface area (Å²) in [5.74, 6) is 1.27. The second kappa shape index (κ2) is 13.6. The topological polar surface area (TPSA) is 133 Å². The van der Waals surface area contributed by atoms with Gasteiger partial charge in [0.1, 0.15) is 34.9 Å². The van der Waals surface area contributed by atoms with Crippen LogP contribution in [-0.4, -0.2) is 61.8 Å². The smallest absolute Gasteiger partial charge is 0.201 e. The molecule has 0 bridgehead atoms. The fourth-order valence-electron chi connectivity index (χ4n) is 6.00. The van der Waals surface area contributed by atoms with E-state index >= 15 is 8.78 Å². The third-order valence-corrected chi connectivity index (χ3v) is 8.82. The van der Waals surface area contributed by atoms with Crippen molar-refractivity contribution in [3.8, 4) is 28.3 Å². The number of pyridine rings is 1. The minimum Gasteiger partial charge on any atom is -0.488 e. The number of rotatable bonds is 10. The van der Waals surface area contributed by atoms with Crippen molar-refractivity contribution < 1.29 is 26.7 Å². The zero-order valence-electron chi connectivity index (χ0n) is 24.9. The minimum atomic E-state index is -2.87. The third-order valence-electron chi connectivity index (χ3n) is 8.34. The molecule has 13 heteroatoms. The molecule has 1 aliphatic heterocycles. The molecule has 2 unspecified atom stereocenters. The Morgan fingerprint density at radius 2 is 1.98 bits per heavy atom. The number of nitrogen functional groups attached to an aromatic ring is 1. The summed E-state index contributed by atoms with van der Waals surface area (Å²) in [6, 6.07) is 11.7. The van der Waals surface area contributed by atoms with Gasteiger partial charge in [-0.25, -0.2) is 36.9 Å². The number of alkyl halides is 1. The van der Waals surface area contributed by atoms with Crippen LogP contribution in [0.25, 0.3) is 33.4 Å².